The first-order chi connectivity index (χ1) is 7.58. The Labute approximate surface area is 100 Å². The Hall–Kier alpha value is -1.92. The highest BCUT2D eigenvalue weighted by Crippen LogP contribution is 2.26. The zero-order valence-corrected chi connectivity index (χ0v) is 9.84. The predicted octanol–water partition coefficient (Wildman–Crippen LogP) is 2.71. The number of benzene rings is 1. The van der Waals surface area contributed by atoms with Crippen molar-refractivity contribution in [1.82, 2.24) is 0 Å². The largest absolute Gasteiger partial charge is 0.275 e. The minimum Gasteiger partial charge on any atom is -0.275 e. The first-order valence-electron chi connectivity index (χ1n) is 4.18. The summed E-state index contributed by atoms with van der Waals surface area (Å²) in [6, 6.07) is 6.17. The average molecular weight is 281 g/mol. The summed E-state index contributed by atoms with van der Waals surface area (Å²) in [5.41, 5.74) is 3.19. The molecule has 1 aromatic rings. The maximum Gasteiger partial charge on any atom is 0.237 e. The number of nitriles is 2. The van der Waals surface area contributed by atoms with Crippen molar-refractivity contribution in [2.45, 2.75) is 6.92 Å². The fourth-order valence-electron chi connectivity index (χ4n) is 0.997. The van der Waals surface area contributed by atoms with E-state index in [1.54, 1.807) is 25.1 Å². The standard InChI is InChI=1S/C10H6BrFN4/c1-6-2-8(12)10(11)9(3-6)16-15-7(4-13)5-14/h2-3,16H,1H3. The van der Waals surface area contributed by atoms with E-state index in [1.807, 2.05) is 0 Å². The molecule has 0 heterocycles. The zero-order valence-electron chi connectivity index (χ0n) is 8.25. The topological polar surface area (TPSA) is 72.0 Å². The summed E-state index contributed by atoms with van der Waals surface area (Å²) in [4.78, 5) is 0. The first kappa shape index (κ1) is 12.2. The normalized spacial score (nSPS) is 8.81. The lowest BCUT2D eigenvalue weighted by Gasteiger charge is -2.05. The quantitative estimate of drug-likeness (QED) is 0.669. The molecule has 0 aliphatic carbocycles. The van der Waals surface area contributed by atoms with Gasteiger partial charge < -0.3 is 0 Å². The third kappa shape index (κ3) is 2.78. The molecule has 1 N–H and O–H groups in total. The van der Waals surface area contributed by atoms with E-state index in [9.17, 15) is 4.39 Å². The van der Waals surface area contributed by atoms with Crippen molar-refractivity contribution in [2.24, 2.45) is 5.10 Å². The molecule has 0 atom stereocenters. The number of hydrogen-bond acceptors (Lipinski definition) is 4. The molecule has 0 aliphatic heterocycles. The molecule has 1 rings (SSSR count). The van der Waals surface area contributed by atoms with Gasteiger partial charge in [-0.1, -0.05) is 0 Å². The monoisotopic (exact) mass is 280 g/mol. The molecule has 1 aromatic carbocycles. The summed E-state index contributed by atoms with van der Waals surface area (Å²) in [5, 5.41) is 20.4. The van der Waals surface area contributed by atoms with Crippen LogP contribution < -0.4 is 5.43 Å². The Balaban J connectivity index is 3.05. The Morgan fingerprint density at radius 1 is 1.44 bits per heavy atom. The minimum atomic E-state index is -0.437. The number of hydrazone groups is 1. The van der Waals surface area contributed by atoms with E-state index in [4.69, 9.17) is 10.5 Å². The summed E-state index contributed by atoms with van der Waals surface area (Å²) in [6.45, 7) is 1.72. The van der Waals surface area contributed by atoms with E-state index < -0.39 is 5.82 Å². The van der Waals surface area contributed by atoms with E-state index in [2.05, 4.69) is 26.5 Å². The van der Waals surface area contributed by atoms with Gasteiger partial charge in [0.25, 0.3) is 0 Å². The van der Waals surface area contributed by atoms with Crippen molar-refractivity contribution in [2.75, 3.05) is 5.43 Å². The Morgan fingerprint density at radius 2 is 2.06 bits per heavy atom. The van der Waals surface area contributed by atoms with Crippen LogP contribution in [0.1, 0.15) is 5.56 Å². The molecule has 4 nitrogen and oxygen atoms in total. The van der Waals surface area contributed by atoms with Gasteiger partial charge in [-0.25, -0.2) is 4.39 Å². The van der Waals surface area contributed by atoms with Crippen LogP contribution >= 0.6 is 15.9 Å². The van der Waals surface area contributed by atoms with Gasteiger partial charge >= 0.3 is 0 Å². The molecule has 0 saturated carbocycles. The van der Waals surface area contributed by atoms with Crippen LogP contribution in [0, 0.1) is 35.4 Å². The second kappa shape index (κ2) is 5.24. The highest BCUT2D eigenvalue weighted by Gasteiger charge is 2.06. The number of aryl methyl sites for hydroxylation is 1. The van der Waals surface area contributed by atoms with E-state index >= 15 is 0 Å². The van der Waals surface area contributed by atoms with Crippen LogP contribution in [0.5, 0.6) is 0 Å². The highest BCUT2D eigenvalue weighted by molar-refractivity contribution is 9.10. The second-order valence-electron chi connectivity index (χ2n) is 2.90. The lowest BCUT2D eigenvalue weighted by Crippen LogP contribution is -1.98. The number of halogens is 2. The van der Waals surface area contributed by atoms with Gasteiger partial charge in [-0.2, -0.15) is 15.6 Å². The van der Waals surface area contributed by atoms with Gasteiger partial charge in [-0.15, -0.1) is 0 Å². The van der Waals surface area contributed by atoms with Crippen LogP contribution in [0.3, 0.4) is 0 Å². The van der Waals surface area contributed by atoms with E-state index in [1.165, 1.54) is 6.07 Å². The van der Waals surface area contributed by atoms with Crippen molar-refractivity contribution >= 4 is 27.3 Å². The van der Waals surface area contributed by atoms with Crippen LogP contribution in [-0.2, 0) is 0 Å². The van der Waals surface area contributed by atoms with Crippen LogP contribution in [0.25, 0.3) is 0 Å². The van der Waals surface area contributed by atoms with Crippen molar-refractivity contribution in [3.63, 3.8) is 0 Å². The molecular formula is C10H6BrFN4. The SMILES string of the molecule is Cc1cc(F)c(Br)c(NN=C(C#N)C#N)c1. The van der Waals surface area contributed by atoms with Crippen LogP contribution in [0.2, 0.25) is 0 Å². The van der Waals surface area contributed by atoms with Crippen molar-refractivity contribution in [1.29, 1.82) is 10.5 Å². The van der Waals surface area contributed by atoms with E-state index in [-0.39, 0.29) is 10.2 Å². The number of rotatable bonds is 2. The second-order valence-corrected chi connectivity index (χ2v) is 3.70. The van der Waals surface area contributed by atoms with Gasteiger partial charge in [-0.05, 0) is 40.5 Å². The molecule has 16 heavy (non-hydrogen) atoms. The molecule has 0 amide bonds. The summed E-state index contributed by atoms with van der Waals surface area (Å²) in [7, 11) is 0. The molecule has 0 aliphatic rings. The summed E-state index contributed by atoms with van der Waals surface area (Å²) >= 11 is 3.04. The number of nitrogens with zero attached hydrogens (tertiary/aromatic N) is 3. The lowest BCUT2D eigenvalue weighted by atomic mass is 10.2. The maximum atomic E-state index is 13.3. The minimum absolute atomic E-state index is 0.206. The van der Waals surface area contributed by atoms with E-state index in [0.29, 0.717) is 11.3 Å². The van der Waals surface area contributed by atoms with Crippen LogP contribution in [0.4, 0.5) is 10.1 Å². The molecule has 0 unspecified atom stereocenters. The third-order valence-electron chi connectivity index (χ3n) is 1.67. The fourth-order valence-corrected chi connectivity index (χ4v) is 1.31. The summed E-state index contributed by atoms with van der Waals surface area (Å²) in [6.07, 6.45) is 0. The predicted molar refractivity (Wildman–Crippen MR) is 61.1 cm³/mol. The Kier molecular flexibility index (Phi) is 3.98. The maximum absolute atomic E-state index is 13.3. The molecule has 80 valence electrons. The highest BCUT2D eigenvalue weighted by atomic mass is 79.9. The van der Waals surface area contributed by atoms with Gasteiger partial charge in [0.2, 0.25) is 5.71 Å². The average Bonchev–Trinajstić information content (AvgIpc) is 2.26. The third-order valence-corrected chi connectivity index (χ3v) is 2.48. The number of hydrogen-bond donors (Lipinski definition) is 1. The molecule has 0 spiro atoms. The Bertz CT molecular complexity index is 509. The zero-order chi connectivity index (χ0) is 12.1. The van der Waals surface area contributed by atoms with Crippen molar-refractivity contribution in [3.05, 3.63) is 28.0 Å². The van der Waals surface area contributed by atoms with Gasteiger partial charge in [0.15, 0.2) is 0 Å². The smallest absolute Gasteiger partial charge is 0.237 e. The molecular weight excluding hydrogens is 275 g/mol. The fraction of sp³-hybridized carbons (Fsp3) is 0.100. The van der Waals surface area contributed by atoms with Crippen molar-refractivity contribution in [3.8, 4) is 12.1 Å². The number of anilines is 1. The molecule has 0 saturated heterocycles. The molecule has 0 fully saturated rings. The lowest BCUT2D eigenvalue weighted by molar-refractivity contribution is 0.620. The number of nitrogens with one attached hydrogen (secondary N) is 1. The Morgan fingerprint density at radius 3 is 2.62 bits per heavy atom. The molecule has 0 aromatic heterocycles. The molecule has 0 radical (unpaired) electrons. The van der Waals surface area contributed by atoms with Crippen molar-refractivity contribution < 1.29 is 4.39 Å². The van der Waals surface area contributed by atoms with Gasteiger partial charge in [0, 0.05) is 0 Å². The van der Waals surface area contributed by atoms with Gasteiger partial charge in [-0.3, -0.25) is 5.43 Å². The molecule has 6 heteroatoms. The van der Waals surface area contributed by atoms with Crippen LogP contribution in [0.15, 0.2) is 21.7 Å². The van der Waals surface area contributed by atoms with Gasteiger partial charge in [0.05, 0.1) is 10.2 Å². The summed E-state index contributed by atoms with van der Waals surface area (Å²) in [5.74, 6) is -0.437. The first-order valence-corrected chi connectivity index (χ1v) is 4.97. The van der Waals surface area contributed by atoms with E-state index in [0.717, 1.165) is 0 Å². The molecule has 0 bridgehead atoms. The summed E-state index contributed by atoms with van der Waals surface area (Å²) < 4.78 is 13.5. The van der Waals surface area contributed by atoms with Crippen LogP contribution in [-0.4, -0.2) is 5.71 Å². The van der Waals surface area contributed by atoms with Gasteiger partial charge in [0.1, 0.15) is 18.0 Å².